The highest BCUT2D eigenvalue weighted by Gasteiger charge is 2.56. The lowest BCUT2D eigenvalue weighted by atomic mass is 10.2. The number of phenols is 2. The minimum absolute atomic E-state index is 0.0184. The van der Waals surface area contributed by atoms with E-state index in [2.05, 4.69) is 15.9 Å². The number of hydrogen-bond donors (Lipinski definition) is 7. The van der Waals surface area contributed by atoms with E-state index >= 15 is 0 Å². The first kappa shape index (κ1) is 21.4. The van der Waals surface area contributed by atoms with E-state index in [0.29, 0.717) is 0 Å². The van der Waals surface area contributed by atoms with Crippen LogP contribution in [-0.4, -0.2) is 58.8 Å². The Morgan fingerprint density at radius 2 is 1.75 bits per heavy atom. The molecule has 14 nitrogen and oxygen atoms in total. The smallest absolute Gasteiger partial charge is 0.463 e. The van der Waals surface area contributed by atoms with Crippen molar-refractivity contribution >= 4 is 50.1 Å². The summed E-state index contributed by atoms with van der Waals surface area (Å²) in [6.07, 6.45) is -1.87. The summed E-state index contributed by atoms with van der Waals surface area (Å²) >= 11 is 2.93. The molecule has 1 atom stereocenters. The highest BCUT2D eigenvalue weighted by Crippen LogP contribution is 2.31. The van der Waals surface area contributed by atoms with Crippen LogP contribution in [-0.2, 0) is 15.0 Å². The quantitative estimate of drug-likeness (QED) is 0.121. The first-order valence-electron chi connectivity index (χ1n) is 7.16. The largest absolute Gasteiger partial charge is 0.504 e. The van der Waals surface area contributed by atoms with Crippen LogP contribution in [0.1, 0.15) is 16.8 Å². The number of nitrogens with zero attached hydrogens (tertiary/aromatic N) is 1. The van der Waals surface area contributed by atoms with Gasteiger partial charge in [-0.25, -0.2) is 14.4 Å². The summed E-state index contributed by atoms with van der Waals surface area (Å²) < 4.78 is 23.8. The number of benzene rings is 1. The van der Waals surface area contributed by atoms with E-state index in [9.17, 15) is 37.8 Å². The Hall–Kier alpha value is -2.95. The van der Waals surface area contributed by atoms with Gasteiger partial charge in [0, 0.05) is 4.47 Å². The molecule has 0 saturated carbocycles. The summed E-state index contributed by atoms with van der Waals surface area (Å²) in [6.45, 7) is -0.293. The van der Waals surface area contributed by atoms with Crippen molar-refractivity contribution in [3.8, 4) is 11.5 Å². The van der Waals surface area contributed by atoms with Crippen molar-refractivity contribution in [1.29, 1.82) is 0 Å². The van der Waals surface area contributed by atoms with Crippen LogP contribution in [0.3, 0.4) is 0 Å². The number of β-lactam (4-membered cyclic amide) rings is 1. The van der Waals surface area contributed by atoms with Crippen molar-refractivity contribution < 1.29 is 47.5 Å². The molecule has 0 bridgehead atoms. The van der Waals surface area contributed by atoms with E-state index in [-0.39, 0.29) is 23.0 Å². The number of likely N-dealkylation sites (tertiary alicyclic amines) is 1. The second kappa shape index (κ2) is 7.58. The number of carboxylic acid groups (broad SMARTS) is 1. The fraction of sp³-hybridized carbons (Fsp3) is 0.167. The molecule has 1 heterocycles. The van der Waals surface area contributed by atoms with Gasteiger partial charge in [0.1, 0.15) is 13.0 Å². The molecule has 5 amide bonds. The minimum atomic E-state index is -4.74. The highest BCUT2D eigenvalue weighted by molar-refractivity contribution is 9.10. The summed E-state index contributed by atoms with van der Waals surface area (Å²) in [7, 11) is -4.74. The van der Waals surface area contributed by atoms with Crippen LogP contribution < -0.4 is 20.4 Å². The predicted molar refractivity (Wildman–Crippen MR) is 91.4 cm³/mol. The van der Waals surface area contributed by atoms with Crippen molar-refractivity contribution in [2.75, 3.05) is 6.54 Å². The molecule has 0 aromatic heterocycles. The van der Waals surface area contributed by atoms with Crippen LogP contribution in [0.4, 0.5) is 9.59 Å². The molecule has 28 heavy (non-hydrogen) atoms. The van der Waals surface area contributed by atoms with E-state index in [0.717, 1.165) is 12.1 Å². The van der Waals surface area contributed by atoms with E-state index in [1.165, 1.54) is 9.55 Å². The minimum Gasteiger partial charge on any atom is -0.504 e. The first-order valence-corrected chi connectivity index (χ1v) is 9.44. The van der Waals surface area contributed by atoms with Gasteiger partial charge in [0.05, 0.1) is 5.56 Å². The summed E-state index contributed by atoms with van der Waals surface area (Å²) in [6, 6.07) is 0.336. The molecule has 1 aliphatic heterocycles. The maximum atomic E-state index is 12.1. The maximum absolute atomic E-state index is 12.1. The Bertz CT molecular complexity index is 982. The monoisotopic (exact) mass is 482 g/mol. The molecular formula is C12H13BrN5O9S+. The number of aromatic hydroxyl groups is 2. The third kappa shape index (κ3) is 4.30. The normalized spacial score (nSPS) is 18.7. The molecule has 0 aliphatic carbocycles. The Labute approximate surface area is 165 Å². The number of carbonyl (C=O) groups excluding carboxylic acids is 3. The maximum Gasteiger partial charge on any atom is 0.463 e. The van der Waals surface area contributed by atoms with Gasteiger partial charge in [-0.2, -0.15) is 13.1 Å². The van der Waals surface area contributed by atoms with E-state index < -0.39 is 50.2 Å². The van der Waals surface area contributed by atoms with Gasteiger partial charge in [-0.15, -0.1) is 10.3 Å². The number of halogens is 1. The predicted octanol–water partition coefficient (Wildman–Crippen LogP) is -1.02. The molecule has 2 rings (SSSR count). The molecule has 1 fully saturated rings. The molecule has 1 aliphatic rings. The number of nitrogens with one attached hydrogen (secondary N) is 4. The summed E-state index contributed by atoms with van der Waals surface area (Å²) in [5, 5.41) is 27.4. The number of phenolic OH excluding ortho intramolecular Hbond substituents is 2. The standard InChI is InChI=1S/C12H12BrN5O9S/c13-6-4-8(20)7(19)3-5(6)10(22)14-17-28(26,27)16-11(23)18(15-12(24)25)2-1-9(18)21/h3-4,15,17H,1-2H2,(H4-,14,16,19,20,22,23,24,25)/p+1. The third-order valence-electron chi connectivity index (χ3n) is 3.55. The zero-order valence-corrected chi connectivity index (χ0v) is 16.0. The van der Waals surface area contributed by atoms with Crippen molar-refractivity contribution in [2.24, 2.45) is 0 Å². The van der Waals surface area contributed by atoms with Gasteiger partial charge >= 0.3 is 28.2 Å². The number of carbonyl (C=O) groups is 4. The average molecular weight is 483 g/mol. The Kier molecular flexibility index (Phi) is 5.78. The summed E-state index contributed by atoms with van der Waals surface area (Å²) in [5.41, 5.74) is 3.09. The highest BCUT2D eigenvalue weighted by atomic mass is 79.9. The van der Waals surface area contributed by atoms with Crippen molar-refractivity contribution in [3.05, 3.63) is 22.2 Å². The van der Waals surface area contributed by atoms with Gasteiger partial charge in [0.2, 0.25) is 0 Å². The van der Waals surface area contributed by atoms with Gasteiger partial charge in [-0.3, -0.25) is 10.2 Å². The van der Waals surface area contributed by atoms with Gasteiger partial charge in [0.15, 0.2) is 11.5 Å². The number of amides is 5. The molecule has 152 valence electrons. The second-order valence-corrected chi connectivity index (χ2v) is 7.65. The molecule has 0 radical (unpaired) electrons. The van der Waals surface area contributed by atoms with Crippen molar-refractivity contribution in [1.82, 2.24) is 20.4 Å². The van der Waals surface area contributed by atoms with E-state index in [4.69, 9.17) is 5.11 Å². The van der Waals surface area contributed by atoms with Crippen LogP contribution in [0.15, 0.2) is 16.6 Å². The lowest BCUT2D eigenvalue weighted by Gasteiger charge is -2.36. The molecule has 1 aromatic rings. The van der Waals surface area contributed by atoms with Gasteiger partial charge in [-0.05, 0) is 28.1 Å². The molecule has 16 heteroatoms. The Balaban J connectivity index is 2.07. The zero-order valence-electron chi connectivity index (χ0n) is 13.6. The molecule has 1 aromatic carbocycles. The third-order valence-corrected chi connectivity index (χ3v) is 5.02. The van der Waals surface area contributed by atoms with Crippen LogP contribution >= 0.6 is 15.9 Å². The number of imide groups is 1. The average Bonchev–Trinajstić information content (AvgIpc) is 2.58. The molecule has 7 N–H and O–H groups in total. The Morgan fingerprint density at radius 1 is 1.14 bits per heavy atom. The fourth-order valence-electron chi connectivity index (χ4n) is 2.10. The Morgan fingerprint density at radius 3 is 2.25 bits per heavy atom. The number of urea groups is 1. The number of quaternary nitrogens is 1. The number of hydrazine groups is 1. The van der Waals surface area contributed by atoms with E-state index in [1.807, 2.05) is 0 Å². The molecule has 0 spiro atoms. The lowest BCUT2D eigenvalue weighted by molar-refractivity contribution is -0.837. The number of hydrogen-bond acceptors (Lipinski definition) is 8. The summed E-state index contributed by atoms with van der Waals surface area (Å²) in [4.78, 5) is 48.0. The van der Waals surface area contributed by atoms with Gasteiger partial charge in [0.25, 0.3) is 5.91 Å². The topological polar surface area (TPSA) is 211 Å². The van der Waals surface area contributed by atoms with Crippen LogP contribution in [0.25, 0.3) is 0 Å². The van der Waals surface area contributed by atoms with Crippen LogP contribution in [0, 0.1) is 0 Å². The molecular weight excluding hydrogens is 470 g/mol. The van der Waals surface area contributed by atoms with Crippen molar-refractivity contribution in [3.63, 3.8) is 0 Å². The van der Waals surface area contributed by atoms with Crippen LogP contribution in [0.5, 0.6) is 11.5 Å². The first-order chi connectivity index (χ1) is 12.9. The molecule has 1 unspecified atom stereocenters. The SMILES string of the molecule is O=C(O)N[N+]1(C(=O)NS(=O)(=O)NNC(=O)c2cc(O)c(O)cc2Br)CCC1=O. The van der Waals surface area contributed by atoms with E-state index in [1.54, 1.807) is 10.9 Å². The summed E-state index contributed by atoms with van der Waals surface area (Å²) in [5.74, 6) is -3.13. The van der Waals surface area contributed by atoms with Gasteiger partial charge < -0.3 is 15.3 Å². The van der Waals surface area contributed by atoms with Crippen LogP contribution in [0.2, 0.25) is 0 Å². The second-order valence-electron chi connectivity index (χ2n) is 5.38. The zero-order chi connectivity index (χ0) is 21.3. The fourth-order valence-corrected chi connectivity index (χ4v) is 3.27. The van der Waals surface area contributed by atoms with Gasteiger partial charge in [-0.1, -0.05) is 4.59 Å². The number of rotatable bonds is 4. The van der Waals surface area contributed by atoms with Crippen molar-refractivity contribution in [2.45, 2.75) is 6.42 Å². The molecule has 1 saturated heterocycles. The lowest BCUT2D eigenvalue weighted by Crippen LogP contribution is -2.76.